The van der Waals surface area contributed by atoms with Crippen LogP contribution in [0.5, 0.6) is 0 Å². The second-order valence-electron chi connectivity index (χ2n) is 4.87. The summed E-state index contributed by atoms with van der Waals surface area (Å²) in [7, 11) is -5.55. The lowest BCUT2D eigenvalue weighted by Gasteiger charge is -2.42. The number of hydrogen-bond acceptors (Lipinski definition) is 0. The highest BCUT2D eigenvalue weighted by Gasteiger charge is 2.95. The quantitative estimate of drug-likeness (QED) is 0.213. The second-order valence-corrected chi connectivity index (χ2v) is 9.48. The summed E-state index contributed by atoms with van der Waals surface area (Å²) in [5.41, 5.74) is -6.64. The third-order valence-corrected chi connectivity index (χ3v) is 5.58. The van der Waals surface area contributed by atoms with Crippen LogP contribution in [0.2, 0.25) is 0 Å². The first-order chi connectivity index (χ1) is 11.7. The molecule has 0 amide bonds. The maximum Gasteiger partial charge on any atom is 0.460 e. The van der Waals surface area contributed by atoms with Crippen LogP contribution in [0.25, 0.3) is 0 Å². The van der Waals surface area contributed by atoms with Crippen molar-refractivity contribution in [1.82, 2.24) is 0 Å². The molecule has 0 rings (SSSR count). The third kappa shape index (κ3) is 3.29. The van der Waals surface area contributed by atoms with Gasteiger partial charge in [0.1, 0.15) is 0 Å². The molecule has 0 nitrogen and oxygen atoms in total. The van der Waals surface area contributed by atoms with E-state index in [1.54, 1.807) is 0 Å². The summed E-state index contributed by atoms with van der Waals surface area (Å²) in [6.45, 7) is 0. The molecule has 20 heteroatoms. The van der Waals surface area contributed by atoms with Crippen LogP contribution in [-0.2, 0) is 0 Å². The van der Waals surface area contributed by atoms with E-state index in [2.05, 4.69) is 22.2 Å². The first-order valence-corrected chi connectivity index (χ1v) is 9.76. The Labute approximate surface area is 152 Å². The molecule has 170 valence electrons. The lowest BCUT2D eigenvalue weighted by atomic mass is 9.91. The molecule has 0 N–H and O–H groups in total. The number of hydrogen-bond donors (Lipinski definition) is 0. The molecule has 0 aliphatic heterocycles. The van der Waals surface area contributed by atoms with Gasteiger partial charge in [0.25, 0.3) is 0 Å². The summed E-state index contributed by atoms with van der Waals surface area (Å²) >= 11 is 8.48. The third-order valence-electron chi connectivity index (χ3n) is 3.02. The van der Waals surface area contributed by atoms with Gasteiger partial charge in [-0.1, -0.05) is 0 Å². The van der Waals surface area contributed by atoms with Crippen molar-refractivity contribution in [3.63, 3.8) is 0 Å². The fourth-order valence-electron chi connectivity index (χ4n) is 1.31. The van der Waals surface area contributed by atoms with E-state index in [1.807, 2.05) is 0 Å². The standard InChI is InChI=1S/C8HCl2F17Si/c9-28(10)8(26,27)6(21,22)4(17,18)2(13,14)1(11,12)3(15,16)5(19,20)7(23,24)25/h28H. The molecular weight excluding hydrogens is 518 g/mol. The smallest absolute Gasteiger partial charge is 0.202 e. The summed E-state index contributed by atoms with van der Waals surface area (Å²) in [5.74, 6) is -50.0. The normalized spacial score (nSPS) is 16.7. The Balaban J connectivity index is 6.72. The number of halogens is 19. The second kappa shape index (κ2) is 6.81. The zero-order valence-corrected chi connectivity index (χ0v) is 14.4. The minimum absolute atomic E-state index is 4.24. The van der Waals surface area contributed by atoms with E-state index < -0.39 is 54.7 Å². The Kier molecular flexibility index (Phi) is 6.72. The molecule has 0 saturated carbocycles. The highest BCUT2D eigenvalue weighted by atomic mass is 35.7. The predicted octanol–water partition coefficient (Wildman–Crippen LogP) is 6.23. The predicted molar refractivity (Wildman–Crippen MR) is 59.5 cm³/mol. The summed E-state index contributed by atoms with van der Waals surface area (Å²) in [6, 6.07) is 0. The number of alkyl halides is 17. The maximum absolute atomic E-state index is 13.1. The highest BCUT2D eigenvalue weighted by molar-refractivity contribution is 7.34. The van der Waals surface area contributed by atoms with Gasteiger partial charge in [-0.3, -0.25) is 0 Å². The Morgan fingerprint density at radius 1 is 0.357 bits per heavy atom. The maximum atomic E-state index is 13.1. The van der Waals surface area contributed by atoms with E-state index in [-0.39, 0.29) is 0 Å². The van der Waals surface area contributed by atoms with Crippen molar-refractivity contribution in [3.05, 3.63) is 0 Å². The zero-order valence-electron chi connectivity index (χ0n) is 11.8. The summed E-state index contributed by atoms with van der Waals surface area (Å²) < 4.78 is 217. The van der Waals surface area contributed by atoms with Crippen LogP contribution >= 0.6 is 22.2 Å². The van der Waals surface area contributed by atoms with Crippen LogP contribution in [0.15, 0.2) is 0 Å². The van der Waals surface area contributed by atoms with E-state index in [0.717, 1.165) is 0 Å². The molecular formula is C8HCl2F17Si. The summed E-state index contributed by atoms with van der Waals surface area (Å²) in [4.78, 5) is 0. The van der Waals surface area contributed by atoms with E-state index >= 15 is 0 Å². The van der Waals surface area contributed by atoms with Crippen molar-refractivity contribution >= 4 is 29.6 Å². The highest BCUT2D eigenvalue weighted by Crippen LogP contribution is 2.64. The van der Waals surface area contributed by atoms with Gasteiger partial charge in [0.2, 0.25) is 0 Å². The molecule has 0 bridgehead atoms. The fourth-order valence-corrected chi connectivity index (χ4v) is 2.59. The van der Waals surface area contributed by atoms with Gasteiger partial charge in [-0.2, -0.15) is 65.9 Å². The van der Waals surface area contributed by atoms with Gasteiger partial charge in [-0.05, 0) is 0 Å². The van der Waals surface area contributed by atoms with Gasteiger partial charge in [0.05, 0.1) is 0 Å². The molecule has 0 unspecified atom stereocenters. The van der Waals surface area contributed by atoms with Crippen molar-refractivity contribution in [1.29, 1.82) is 0 Å². The molecule has 0 spiro atoms. The Bertz CT molecular complexity index is 578. The van der Waals surface area contributed by atoms with Crippen LogP contribution in [0.3, 0.4) is 0 Å². The molecule has 0 heterocycles. The first-order valence-electron chi connectivity index (χ1n) is 5.69. The van der Waals surface area contributed by atoms with Crippen LogP contribution in [0, 0.1) is 0 Å². The molecule has 0 radical (unpaired) electrons. The minimum Gasteiger partial charge on any atom is -0.202 e. The average molecular weight is 519 g/mol. The van der Waals surface area contributed by atoms with Crippen molar-refractivity contribution < 1.29 is 74.6 Å². The van der Waals surface area contributed by atoms with Crippen molar-refractivity contribution in [2.75, 3.05) is 0 Å². The van der Waals surface area contributed by atoms with Crippen molar-refractivity contribution in [3.8, 4) is 0 Å². The summed E-state index contributed by atoms with van der Waals surface area (Å²) in [5, 5.41) is 0. The van der Waals surface area contributed by atoms with E-state index in [9.17, 15) is 74.6 Å². The Morgan fingerprint density at radius 3 is 0.786 bits per heavy atom. The molecule has 0 aromatic carbocycles. The minimum atomic E-state index is -8.64. The Hall–Kier alpha value is -0.393. The molecule has 0 aliphatic carbocycles. The van der Waals surface area contributed by atoms with Crippen molar-refractivity contribution in [2.45, 2.75) is 47.3 Å². The van der Waals surface area contributed by atoms with E-state index in [0.29, 0.717) is 0 Å². The fraction of sp³-hybridized carbons (Fsp3) is 1.00. The van der Waals surface area contributed by atoms with Gasteiger partial charge in [0, 0.05) is 0 Å². The Morgan fingerprint density at radius 2 is 0.571 bits per heavy atom. The van der Waals surface area contributed by atoms with Crippen molar-refractivity contribution in [2.24, 2.45) is 0 Å². The molecule has 0 saturated heterocycles. The van der Waals surface area contributed by atoms with Gasteiger partial charge >= 0.3 is 54.7 Å². The molecule has 0 atom stereocenters. The van der Waals surface area contributed by atoms with Gasteiger partial charge in [-0.15, -0.1) is 22.2 Å². The molecule has 0 aromatic heterocycles. The summed E-state index contributed by atoms with van der Waals surface area (Å²) in [6.07, 6.45) is -7.78. The first kappa shape index (κ1) is 27.6. The SMILES string of the molecule is FC(F)(F)C(F)(F)C(F)(F)C(F)(F)C(F)(F)C(F)(F)C(F)(F)C(F)(F)[SiH](Cl)Cl. The van der Waals surface area contributed by atoms with Gasteiger partial charge < -0.3 is 0 Å². The largest absolute Gasteiger partial charge is 0.460 e. The molecule has 28 heavy (non-hydrogen) atoms. The molecule has 0 aromatic rings. The monoisotopic (exact) mass is 518 g/mol. The average Bonchev–Trinajstić information content (AvgIpc) is 2.44. The van der Waals surface area contributed by atoms with Gasteiger partial charge in [0.15, 0.2) is 0 Å². The van der Waals surface area contributed by atoms with E-state index in [4.69, 9.17) is 0 Å². The van der Waals surface area contributed by atoms with Crippen LogP contribution in [0.4, 0.5) is 74.6 Å². The molecule has 0 fully saturated rings. The van der Waals surface area contributed by atoms with E-state index in [1.165, 1.54) is 0 Å². The lowest BCUT2D eigenvalue weighted by Crippen LogP contribution is -2.75. The number of rotatable bonds is 7. The van der Waals surface area contributed by atoms with Crippen LogP contribution in [0.1, 0.15) is 0 Å². The van der Waals surface area contributed by atoms with Crippen LogP contribution in [-0.4, -0.2) is 54.7 Å². The lowest BCUT2D eigenvalue weighted by molar-refractivity contribution is -0.458. The van der Waals surface area contributed by atoms with Crippen LogP contribution < -0.4 is 0 Å². The molecule has 0 aliphatic rings. The van der Waals surface area contributed by atoms with Gasteiger partial charge in [-0.25, -0.2) is 8.78 Å². The topological polar surface area (TPSA) is 0 Å². The zero-order chi connectivity index (χ0) is 23.6.